The number of rotatable bonds is 15. The fraction of sp³-hybridized carbons (Fsp3) is 0.630. The molecule has 0 N–H and O–H groups in total. The van der Waals surface area contributed by atoms with Gasteiger partial charge in [0.25, 0.3) is 0 Å². The molecule has 4 nitrogen and oxygen atoms in total. The number of hydrogen-bond donors (Lipinski definition) is 0. The monoisotopic (exact) mass is 428 g/mol. The Morgan fingerprint density at radius 1 is 0.806 bits per heavy atom. The van der Waals surface area contributed by atoms with E-state index in [4.69, 9.17) is 9.47 Å². The van der Waals surface area contributed by atoms with Gasteiger partial charge in [0.05, 0.1) is 13.2 Å². The first kappa shape index (κ1) is 26.8. The highest BCUT2D eigenvalue weighted by molar-refractivity contribution is 5.95. The van der Waals surface area contributed by atoms with Gasteiger partial charge in [-0.2, -0.15) is 0 Å². The standard InChI is InChI=1S/C27H40O4/c1-4-7-8-9-10-11-12-13-14-15-16-19-23-20-17-18-21-24(23)22-25(26(28)30-5-2)27(29)31-6-3/h17-18,20-21,25H,4-15,22H2,1-3H3. The van der Waals surface area contributed by atoms with E-state index in [1.54, 1.807) is 13.8 Å². The molecule has 0 saturated heterocycles. The van der Waals surface area contributed by atoms with Gasteiger partial charge in [0, 0.05) is 12.0 Å². The lowest BCUT2D eigenvalue weighted by molar-refractivity contribution is -0.161. The van der Waals surface area contributed by atoms with Crippen LogP contribution in [0, 0.1) is 17.8 Å². The zero-order valence-electron chi connectivity index (χ0n) is 19.7. The smallest absolute Gasteiger partial charge is 0.320 e. The fourth-order valence-electron chi connectivity index (χ4n) is 3.47. The van der Waals surface area contributed by atoms with Gasteiger partial charge in [-0.05, 0) is 38.3 Å². The molecule has 0 aliphatic heterocycles. The number of hydrogen-bond acceptors (Lipinski definition) is 4. The minimum absolute atomic E-state index is 0.231. The summed E-state index contributed by atoms with van der Waals surface area (Å²) in [6.07, 6.45) is 12.8. The third-order valence-electron chi connectivity index (χ3n) is 5.21. The van der Waals surface area contributed by atoms with Gasteiger partial charge in [-0.1, -0.05) is 88.3 Å². The maximum Gasteiger partial charge on any atom is 0.320 e. The van der Waals surface area contributed by atoms with E-state index in [-0.39, 0.29) is 19.6 Å². The van der Waals surface area contributed by atoms with Crippen LogP contribution >= 0.6 is 0 Å². The summed E-state index contributed by atoms with van der Waals surface area (Å²) in [6, 6.07) is 7.67. The van der Waals surface area contributed by atoms with Crippen LogP contribution in [0.15, 0.2) is 24.3 Å². The van der Waals surface area contributed by atoms with Gasteiger partial charge in [0.1, 0.15) is 0 Å². The van der Waals surface area contributed by atoms with Crippen molar-refractivity contribution in [1.29, 1.82) is 0 Å². The molecular formula is C27H40O4. The predicted molar refractivity (Wildman–Crippen MR) is 126 cm³/mol. The third kappa shape index (κ3) is 11.6. The van der Waals surface area contributed by atoms with E-state index in [1.807, 2.05) is 24.3 Å². The molecule has 0 radical (unpaired) electrons. The quantitative estimate of drug-likeness (QED) is 0.143. The number of unbranched alkanes of at least 4 members (excludes halogenated alkanes) is 9. The molecule has 0 amide bonds. The molecule has 0 aliphatic rings. The Hall–Kier alpha value is -2.28. The lowest BCUT2D eigenvalue weighted by Crippen LogP contribution is -2.30. The first-order chi connectivity index (χ1) is 15.1. The summed E-state index contributed by atoms with van der Waals surface area (Å²) in [6.45, 7) is 6.17. The average Bonchev–Trinajstić information content (AvgIpc) is 2.76. The zero-order valence-corrected chi connectivity index (χ0v) is 19.7. The summed E-state index contributed by atoms with van der Waals surface area (Å²) in [5.74, 6) is 4.45. The Morgan fingerprint density at radius 2 is 1.35 bits per heavy atom. The van der Waals surface area contributed by atoms with Crippen LogP contribution in [-0.2, 0) is 25.5 Å². The molecular weight excluding hydrogens is 388 g/mol. The van der Waals surface area contributed by atoms with E-state index >= 15 is 0 Å². The van der Waals surface area contributed by atoms with Crippen molar-refractivity contribution in [2.24, 2.45) is 5.92 Å². The Labute approximate surface area is 189 Å². The van der Waals surface area contributed by atoms with Crippen molar-refractivity contribution in [3.63, 3.8) is 0 Å². The number of ether oxygens (including phenoxy) is 2. The molecule has 1 aromatic carbocycles. The summed E-state index contributed by atoms with van der Waals surface area (Å²) < 4.78 is 10.2. The van der Waals surface area contributed by atoms with Gasteiger partial charge in [0.15, 0.2) is 5.92 Å². The van der Waals surface area contributed by atoms with Crippen LogP contribution in [0.1, 0.15) is 96.1 Å². The van der Waals surface area contributed by atoms with E-state index in [2.05, 4.69) is 18.8 Å². The van der Waals surface area contributed by atoms with E-state index in [9.17, 15) is 9.59 Å². The second kappa shape index (κ2) is 17.4. The highest BCUT2D eigenvalue weighted by Gasteiger charge is 2.30. The summed E-state index contributed by atoms with van der Waals surface area (Å²) in [5, 5.41) is 0. The molecule has 0 atom stereocenters. The van der Waals surface area contributed by atoms with Crippen molar-refractivity contribution >= 4 is 11.9 Å². The van der Waals surface area contributed by atoms with Crippen LogP contribution in [-0.4, -0.2) is 25.2 Å². The maximum absolute atomic E-state index is 12.3. The zero-order chi connectivity index (χ0) is 22.7. The van der Waals surface area contributed by atoms with Crippen molar-refractivity contribution in [2.75, 3.05) is 13.2 Å². The second-order valence-electron chi connectivity index (χ2n) is 7.80. The number of carbonyl (C=O) groups excluding carboxylic acids is 2. The van der Waals surface area contributed by atoms with Gasteiger partial charge in [-0.25, -0.2) is 0 Å². The first-order valence-electron chi connectivity index (χ1n) is 12.0. The van der Waals surface area contributed by atoms with Crippen molar-refractivity contribution < 1.29 is 19.1 Å². The Bertz CT molecular complexity index is 681. The Balaban J connectivity index is 2.55. The Kier molecular flexibility index (Phi) is 15.0. The molecule has 4 heteroatoms. The van der Waals surface area contributed by atoms with E-state index < -0.39 is 17.9 Å². The molecule has 172 valence electrons. The van der Waals surface area contributed by atoms with Crippen molar-refractivity contribution in [2.45, 2.75) is 91.4 Å². The highest BCUT2D eigenvalue weighted by Crippen LogP contribution is 2.17. The summed E-state index contributed by atoms with van der Waals surface area (Å²) in [4.78, 5) is 24.6. The van der Waals surface area contributed by atoms with Gasteiger partial charge in [-0.15, -0.1) is 0 Å². The van der Waals surface area contributed by atoms with Crippen LogP contribution in [0.4, 0.5) is 0 Å². The molecule has 1 rings (SSSR count). The van der Waals surface area contributed by atoms with Crippen LogP contribution in [0.5, 0.6) is 0 Å². The van der Waals surface area contributed by atoms with Crippen molar-refractivity contribution in [3.05, 3.63) is 35.4 Å². The minimum atomic E-state index is -0.958. The van der Waals surface area contributed by atoms with Gasteiger partial charge in [0.2, 0.25) is 0 Å². The first-order valence-corrected chi connectivity index (χ1v) is 12.0. The molecule has 0 heterocycles. The molecule has 0 aliphatic carbocycles. The number of esters is 2. The minimum Gasteiger partial charge on any atom is -0.465 e. The van der Waals surface area contributed by atoms with Gasteiger partial charge >= 0.3 is 11.9 Å². The number of benzene rings is 1. The second-order valence-corrected chi connectivity index (χ2v) is 7.80. The molecule has 0 bridgehead atoms. The largest absolute Gasteiger partial charge is 0.465 e. The van der Waals surface area contributed by atoms with Crippen LogP contribution in [0.25, 0.3) is 0 Å². The molecule has 0 aromatic heterocycles. The van der Waals surface area contributed by atoms with Crippen LogP contribution < -0.4 is 0 Å². The number of carbonyl (C=O) groups is 2. The fourth-order valence-corrected chi connectivity index (χ4v) is 3.47. The third-order valence-corrected chi connectivity index (χ3v) is 5.21. The van der Waals surface area contributed by atoms with Crippen molar-refractivity contribution in [1.82, 2.24) is 0 Å². The summed E-state index contributed by atoms with van der Waals surface area (Å²) in [7, 11) is 0. The molecule has 0 spiro atoms. The van der Waals surface area contributed by atoms with E-state index in [1.165, 1.54) is 51.4 Å². The predicted octanol–water partition coefficient (Wildman–Crippen LogP) is 6.24. The van der Waals surface area contributed by atoms with Crippen LogP contribution in [0.3, 0.4) is 0 Å². The lowest BCUT2D eigenvalue weighted by Gasteiger charge is -2.15. The topological polar surface area (TPSA) is 52.6 Å². The molecule has 0 saturated carbocycles. The average molecular weight is 429 g/mol. The normalized spacial score (nSPS) is 10.5. The highest BCUT2D eigenvalue weighted by atomic mass is 16.6. The maximum atomic E-state index is 12.3. The van der Waals surface area contributed by atoms with Crippen LogP contribution in [0.2, 0.25) is 0 Å². The summed E-state index contributed by atoms with van der Waals surface area (Å²) in [5.41, 5.74) is 1.73. The Morgan fingerprint density at radius 3 is 1.94 bits per heavy atom. The lowest BCUT2D eigenvalue weighted by atomic mass is 9.95. The van der Waals surface area contributed by atoms with Gasteiger partial charge < -0.3 is 9.47 Å². The molecule has 1 aromatic rings. The molecule has 0 fully saturated rings. The molecule has 0 unspecified atom stereocenters. The van der Waals surface area contributed by atoms with Gasteiger partial charge in [-0.3, -0.25) is 9.59 Å². The summed E-state index contributed by atoms with van der Waals surface area (Å²) >= 11 is 0. The van der Waals surface area contributed by atoms with E-state index in [0.717, 1.165) is 24.0 Å². The SMILES string of the molecule is CCCCCCCCCCCC#Cc1ccccc1CC(C(=O)OCC)C(=O)OCC. The van der Waals surface area contributed by atoms with Crippen molar-refractivity contribution in [3.8, 4) is 11.8 Å². The van der Waals surface area contributed by atoms with E-state index in [0.29, 0.717) is 0 Å². The molecule has 31 heavy (non-hydrogen) atoms.